The van der Waals surface area contributed by atoms with Crippen molar-refractivity contribution in [3.05, 3.63) is 0 Å². The van der Waals surface area contributed by atoms with E-state index in [0.29, 0.717) is 0 Å². The normalized spacial score (nSPS) is 42.5. The Kier molecular flexibility index (Phi) is 2.65. The number of nitrogens with one attached hydrogen (secondary N) is 1. The van der Waals surface area contributed by atoms with Gasteiger partial charge in [-0.3, -0.25) is 4.31 Å². The van der Waals surface area contributed by atoms with E-state index in [0.717, 1.165) is 12.1 Å². The number of rotatable bonds is 1. The van der Waals surface area contributed by atoms with E-state index in [1.165, 1.54) is 25.9 Å². The van der Waals surface area contributed by atoms with Gasteiger partial charge in [-0.2, -0.15) is 0 Å². The van der Waals surface area contributed by atoms with Crippen molar-refractivity contribution in [2.45, 2.75) is 24.9 Å². The molecule has 3 unspecified atom stereocenters. The Morgan fingerprint density at radius 1 is 1.36 bits per heavy atom. The molecular weight excluding hydrogens is 271 g/mol. The lowest BCUT2D eigenvalue weighted by molar-refractivity contribution is 0.319. The molecule has 4 heteroatoms. The van der Waals surface area contributed by atoms with Crippen molar-refractivity contribution in [1.82, 2.24) is 9.62 Å². The number of nitrogens with zero attached hydrogens (tertiary/aromatic N) is 1. The number of piperazine rings is 1. The average molecular weight is 286 g/mol. The van der Waals surface area contributed by atoms with Crippen LogP contribution in [0.15, 0.2) is 0 Å². The molecule has 0 saturated carbocycles. The summed E-state index contributed by atoms with van der Waals surface area (Å²) in [5.41, 5.74) is 0. The molecule has 2 nitrogen and oxygen atoms in total. The topological polar surface area (TPSA) is 15.3 Å². The van der Waals surface area contributed by atoms with Crippen LogP contribution in [-0.4, -0.2) is 35.7 Å². The highest BCUT2D eigenvalue weighted by atomic mass is 127. The highest BCUT2D eigenvalue weighted by molar-refractivity contribution is 14.2. The minimum atomic E-state index is 0.131. The second-order valence-corrected chi connectivity index (χ2v) is 9.10. The van der Waals surface area contributed by atoms with E-state index in [1.54, 1.807) is 0 Å². The molecule has 2 aliphatic rings. The Morgan fingerprint density at radius 3 is 2.36 bits per heavy atom. The van der Waals surface area contributed by atoms with Crippen LogP contribution < -0.4 is 5.32 Å². The second kappa shape index (κ2) is 3.40. The lowest BCUT2D eigenvalue weighted by Crippen LogP contribution is -2.48. The van der Waals surface area contributed by atoms with Gasteiger partial charge >= 0.3 is 0 Å². The molecular formula is C7H15IN2S. The van der Waals surface area contributed by atoms with Gasteiger partial charge in [0.25, 0.3) is 0 Å². The van der Waals surface area contributed by atoms with Crippen LogP contribution >= 0.6 is 29.5 Å². The zero-order valence-corrected chi connectivity index (χ0v) is 9.81. The number of hydrogen-bond acceptors (Lipinski definition) is 2. The molecule has 2 fully saturated rings. The van der Waals surface area contributed by atoms with Crippen LogP contribution in [0.4, 0.5) is 0 Å². The quantitative estimate of drug-likeness (QED) is 0.558. The maximum Gasteiger partial charge on any atom is 0.0234 e. The van der Waals surface area contributed by atoms with Gasteiger partial charge in [0, 0.05) is 25.2 Å². The minimum absolute atomic E-state index is 0.131. The summed E-state index contributed by atoms with van der Waals surface area (Å²) in [5.74, 6) is 0. The number of halogens is 1. The van der Waals surface area contributed by atoms with E-state index in [1.807, 2.05) is 0 Å². The first-order chi connectivity index (χ1) is 5.25. The summed E-state index contributed by atoms with van der Waals surface area (Å²) >= 11 is 2.57. The number of thiol groups is 1. The first kappa shape index (κ1) is 8.59. The Morgan fingerprint density at radius 2 is 1.91 bits per heavy atom. The van der Waals surface area contributed by atoms with Gasteiger partial charge in [0.2, 0.25) is 0 Å². The lowest BCUT2D eigenvalue weighted by atomic mass is 10.2. The van der Waals surface area contributed by atoms with Crippen molar-refractivity contribution >= 4 is 29.5 Å². The van der Waals surface area contributed by atoms with Crippen LogP contribution in [0, 0.1) is 0 Å². The zero-order valence-electron chi connectivity index (χ0n) is 6.76. The van der Waals surface area contributed by atoms with Crippen molar-refractivity contribution < 1.29 is 0 Å². The third kappa shape index (κ3) is 1.84. The summed E-state index contributed by atoms with van der Waals surface area (Å²) in [7, 11) is 0.131. The predicted molar refractivity (Wildman–Crippen MR) is 60.4 cm³/mol. The Hall–Kier alpha value is 1.00. The van der Waals surface area contributed by atoms with Crippen LogP contribution in [-0.2, 0) is 0 Å². The molecule has 11 heavy (non-hydrogen) atoms. The summed E-state index contributed by atoms with van der Waals surface area (Å²) in [5, 5.41) is 3.64. The van der Waals surface area contributed by atoms with Gasteiger partial charge in [-0.15, -0.1) is 8.25 Å². The van der Waals surface area contributed by atoms with E-state index < -0.39 is 0 Å². The SMILES string of the molecule is C[SH](I)N1CC2CCC(C1)N2. The van der Waals surface area contributed by atoms with E-state index in [4.69, 9.17) is 0 Å². The van der Waals surface area contributed by atoms with Crippen molar-refractivity contribution in [3.63, 3.8) is 0 Å². The van der Waals surface area contributed by atoms with Crippen molar-refractivity contribution in [2.75, 3.05) is 19.3 Å². The summed E-state index contributed by atoms with van der Waals surface area (Å²) in [6, 6.07) is 1.63. The van der Waals surface area contributed by atoms with Crippen LogP contribution in [0.3, 0.4) is 0 Å². The van der Waals surface area contributed by atoms with Crippen LogP contribution in [0.1, 0.15) is 12.8 Å². The van der Waals surface area contributed by atoms with Crippen molar-refractivity contribution in [1.29, 1.82) is 0 Å². The molecule has 3 atom stereocenters. The van der Waals surface area contributed by atoms with Gasteiger partial charge in [0.15, 0.2) is 0 Å². The van der Waals surface area contributed by atoms with Gasteiger partial charge in [-0.05, 0) is 40.3 Å². The maximum atomic E-state index is 3.64. The fourth-order valence-electron chi connectivity index (χ4n) is 2.00. The number of fused-ring (bicyclic) bond motifs is 2. The third-order valence-corrected chi connectivity index (χ3v) is 5.52. The molecule has 0 spiro atoms. The van der Waals surface area contributed by atoms with E-state index >= 15 is 0 Å². The predicted octanol–water partition coefficient (Wildman–Crippen LogP) is 1.32. The molecule has 0 aromatic heterocycles. The first-order valence-electron chi connectivity index (χ1n) is 4.16. The number of hydrogen-bond donors (Lipinski definition) is 2. The van der Waals surface area contributed by atoms with Crippen LogP contribution in [0.5, 0.6) is 0 Å². The molecule has 2 rings (SSSR count). The van der Waals surface area contributed by atoms with Gasteiger partial charge < -0.3 is 5.32 Å². The molecule has 0 radical (unpaired) electrons. The third-order valence-electron chi connectivity index (χ3n) is 2.59. The van der Waals surface area contributed by atoms with Gasteiger partial charge in [0.1, 0.15) is 0 Å². The molecule has 2 saturated heterocycles. The fourth-order valence-corrected chi connectivity index (χ4v) is 3.90. The van der Waals surface area contributed by atoms with Crippen molar-refractivity contribution in [3.8, 4) is 0 Å². The molecule has 0 amide bonds. The first-order valence-corrected chi connectivity index (χ1v) is 8.69. The van der Waals surface area contributed by atoms with E-state index in [-0.39, 0.29) is 8.25 Å². The maximum absolute atomic E-state index is 3.64. The van der Waals surface area contributed by atoms with E-state index in [2.05, 4.69) is 37.1 Å². The minimum Gasteiger partial charge on any atom is -0.309 e. The van der Waals surface area contributed by atoms with E-state index in [9.17, 15) is 0 Å². The Bertz CT molecular complexity index is 141. The second-order valence-electron chi connectivity index (χ2n) is 3.45. The van der Waals surface area contributed by atoms with Gasteiger partial charge in [-0.25, -0.2) is 0 Å². The largest absolute Gasteiger partial charge is 0.309 e. The smallest absolute Gasteiger partial charge is 0.0234 e. The van der Waals surface area contributed by atoms with Gasteiger partial charge in [0.05, 0.1) is 0 Å². The Balaban J connectivity index is 1.97. The average Bonchev–Trinajstić information content (AvgIpc) is 2.30. The summed E-state index contributed by atoms with van der Waals surface area (Å²) in [6.45, 7) is 2.59. The molecule has 1 N–H and O–H groups in total. The highest BCUT2D eigenvalue weighted by Crippen LogP contribution is 2.38. The summed E-state index contributed by atoms with van der Waals surface area (Å²) in [6.07, 6.45) is 5.16. The fraction of sp³-hybridized carbons (Fsp3) is 1.00. The zero-order chi connectivity index (χ0) is 7.84. The standard InChI is InChI=1S/C7H15IN2S/c1-11(8)10-4-6-2-3-7(5-10)9-6/h6-7,9,11H,2-5H2,1H3. The summed E-state index contributed by atoms with van der Waals surface area (Å²) < 4.78 is 2.65. The highest BCUT2D eigenvalue weighted by Gasteiger charge is 2.32. The molecule has 0 aromatic rings. The molecule has 2 heterocycles. The monoisotopic (exact) mass is 286 g/mol. The molecule has 0 aromatic carbocycles. The van der Waals surface area contributed by atoms with Crippen LogP contribution in [0.25, 0.3) is 0 Å². The molecule has 2 aliphatic heterocycles. The molecule has 0 aliphatic carbocycles. The van der Waals surface area contributed by atoms with Crippen molar-refractivity contribution in [2.24, 2.45) is 0 Å². The molecule has 2 bridgehead atoms. The van der Waals surface area contributed by atoms with Crippen LogP contribution in [0.2, 0.25) is 0 Å². The Labute approximate surface area is 83.2 Å². The lowest BCUT2D eigenvalue weighted by Gasteiger charge is -2.36. The van der Waals surface area contributed by atoms with Gasteiger partial charge in [-0.1, -0.05) is 0 Å². The summed E-state index contributed by atoms with van der Waals surface area (Å²) in [4.78, 5) is 0. The molecule has 66 valence electrons.